The van der Waals surface area contributed by atoms with Crippen molar-refractivity contribution in [2.75, 3.05) is 13.6 Å². The van der Waals surface area contributed by atoms with Crippen LogP contribution in [-0.2, 0) is 9.53 Å². The number of nitrogens with one attached hydrogen (secondary N) is 2. The molecule has 2 aliphatic rings. The summed E-state index contributed by atoms with van der Waals surface area (Å²) >= 11 is 0. The highest BCUT2D eigenvalue weighted by molar-refractivity contribution is 5.95. The van der Waals surface area contributed by atoms with Crippen LogP contribution in [0.15, 0.2) is 23.1 Å². The second-order valence-electron chi connectivity index (χ2n) is 7.53. The zero-order chi connectivity index (χ0) is 18.2. The van der Waals surface area contributed by atoms with Crippen LogP contribution in [0.3, 0.4) is 0 Å². The van der Waals surface area contributed by atoms with Crippen LogP contribution in [0, 0.1) is 0 Å². The molecule has 3 heterocycles. The first-order valence-electron chi connectivity index (χ1n) is 8.66. The summed E-state index contributed by atoms with van der Waals surface area (Å²) < 4.78 is 6.18. The third-order valence-corrected chi connectivity index (χ3v) is 5.24. The molecule has 2 saturated heterocycles. The normalized spacial score (nSPS) is 27.6. The minimum absolute atomic E-state index is 0.0995. The van der Waals surface area contributed by atoms with E-state index in [2.05, 4.69) is 10.3 Å². The summed E-state index contributed by atoms with van der Waals surface area (Å²) in [6.45, 7) is 4.59. The molecule has 0 unspecified atom stereocenters. The second-order valence-corrected chi connectivity index (χ2v) is 7.53. The van der Waals surface area contributed by atoms with Crippen LogP contribution in [0.1, 0.15) is 49.9 Å². The highest BCUT2D eigenvalue weighted by Gasteiger charge is 2.58. The van der Waals surface area contributed by atoms with Gasteiger partial charge >= 0.3 is 0 Å². The first-order valence-corrected chi connectivity index (χ1v) is 8.66. The van der Waals surface area contributed by atoms with Crippen LogP contribution >= 0.6 is 0 Å². The van der Waals surface area contributed by atoms with Crippen molar-refractivity contribution in [1.29, 1.82) is 0 Å². The van der Waals surface area contributed by atoms with E-state index in [9.17, 15) is 14.4 Å². The van der Waals surface area contributed by atoms with Crippen molar-refractivity contribution in [3.63, 3.8) is 0 Å². The Hall–Kier alpha value is -2.15. The van der Waals surface area contributed by atoms with Gasteiger partial charge in [-0.3, -0.25) is 14.4 Å². The average Bonchev–Trinajstić information content (AvgIpc) is 3.07. The molecule has 0 bridgehead atoms. The van der Waals surface area contributed by atoms with Crippen molar-refractivity contribution < 1.29 is 14.3 Å². The molecule has 0 saturated carbocycles. The Morgan fingerprint density at radius 2 is 2.20 bits per heavy atom. The molecule has 3 rings (SSSR count). The number of hydrogen-bond acceptors (Lipinski definition) is 4. The summed E-state index contributed by atoms with van der Waals surface area (Å²) in [7, 11) is 1.60. The van der Waals surface area contributed by atoms with Gasteiger partial charge in [-0.15, -0.1) is 0 Å². The summed E-state index contributed by atoms with van der Waals surface area (Å²) in [6, 6.07) is 2.94. The maximum atomic E-state index is 13.1. The van der Waals surface area contributed by atoms with Crippen molar-refractivity contribution in [3.8, 4) is 0 Å². The smallest absolute Gasteiger partial charge is 0.254 e. The van der Waals surface area contributed by atoms with E-state index in [4.69, 9.17) is 4.74 Å². The minimum atomic E-state index is -0.504. The summed E-state index contributed by atoms with van der Waals surface area (Å²) in [5, 5.41) is 2.64. The van der Waals surface area contributed by atoms with E-state index in [-0.39, 0.29) is 29.9 Å². The number of carbonyl (C=O) groups is 2. The lowest BCUT2D eigenvalue weighted by Crippen LogP contribution is -2.53. The second kappa shape index (κ2) is 6.29. The number of H-pyrrole nitrogens is 1. The third kappa shape index (κ3) is 3.20. The fourth-order valence-corrected chi connectivity index (χ4v) is 4.35. The van der Waals surface area contributed by atoms with Gasteiger partial charge in [0.1, 0.15) is 0 Å². The predicted octanol–water partition coefficient (Wildman–Crippen LogP) is 1.05. The molecule has 25 heavy (non-hydrogen) atoms. The first kappa shape index (κ1) is 17.7. The van der Waals surface area contributed by atoms with Gasteiger partial charge in [0.2, 0.25) is 11.5 Å². The molecule has 1 aromatic rings. The Morgan fingerprint density at radius 3 is 2.88 bits per heavy atom. The number of likely N-dealkylation sites (tertiary alicyclic amines) is 1. The van der Waals surface area contributed by atoms with Crippen molar-refractivity contribution in [2.24, 2.45) is 0 Å². The molecule has 0 aliphatic carbocycles. The number of ether oxygens (including phenoxy) is 1. The maximum absolute atomic E-state index is 13.1. The SMILES string of the molecule is CNC(=O)C[C@@H]1OC(C)(C)C[C@]12CCCN2C(=O)c1cc[nH]c(=O)c1. The number of rotatable bonds is 3. The lowest BCUT2D eigenvalue weighted by atomic mass is 9.82. The van der Waals surface area contributed by atoms with Crippen molar-refractivity contribution >= 4 is 11.8 Å². The minimum Gasteiger partial charge on any atom is -0.369 e. The summed E-state index contributed by atoms with van der Waals surface area (Å²) in [4.78, 5) is 41.0. The molecule has 2 amide bonds. The van der Waals surface area contributed by atoms with E-state index in [1.807, 2.05) is 18.7 Å². The molecule has 1 aromatic heterocycles. The van der Waals surface area contributed by atoms with E-state index in [1.165, 1.54) is 12.3 Å². The van der Waals surface area contributed by atoms with E-state index in [1.54, 1.807) is 13.1 Å². The van der Waals surface area contributed by atoms with E-state index in [0.717, 1.165) is 12.8 Å². The van der Waals surface area contributed by atoms with E-state index < -0.39 is 11.1 Å². The molecule has 1 spiro atoms. The highest BCUT2D eigenvalue weighted by Crippen LogP contribution is 2.49. The van der Waals surface area contributed by atoms with Gasteiger partial charge in [0.15, 0.2) is 0 Å². The fraction of sp³-hybridized carbons (Fsp3) is 0.611. The topological polar surface area (TPSA) is 91.5 Å². The molecule has 136 valence electrons. The van der Waals surface area contributed by atoms with Crippen molar-refractivity contribution in [3.05, 3.63) is 34.2 Å². The number of aromatic nitrogens is 1. The standard InChI is InChI=1S/C18H25N3O4/c1-17(2)11-18(13(25-17)10-14(22)19-3)6-4-8-21(18)16(24)12-5-7-20-15(23)9-12/h5,7,9,13H,4,6,8,10-11H2,1-3H3,(H,19,22)(H,20,23)/t13-,18+/m0/s1. The van der Waals surface area contributed by atoms with Crippen LogP contribution in [0.25, 0.3) is 0 Å². The van der Waals surface area contributed by atoms with Gasteiger partial charge in [-0.2, -0.15) is 0 Å². The van der Waals surface area contributed by atoms with Gasteiger partial charge in [0.05, 0.1) is 23.7 Å². The van der Waals surface area contributed by atoms with Gasteiger partial charge in [-0.25, -0.2) is 0 Å². The van der Waals surface area contributed by atoms with Crippen molar-refractivity contribution in [1.82, 2.24) is 15.2 Å². The van der Waals surface area contributed by atoms with Crippen LogP contribution < -0.4 is 10.9 Å². The van der Waals surface area contributed by atoms with Gasteiger partial charge in [-0.1, -0.05) is 0 Å². The Morgan fingerprint density at radius 1 is 1.44 bits per heavy atom. The van der Waals surface area contributed by atoms with Crippen LogP contribution in [0.5, 0.6) is 0 Å². The molecule has 0 aromatic carbocycles. The largest absolute Gasteiger partial charge is 0.369 e. The first-order chi connectivity index (χ1) is 11.8. The average molecular weight is 347 g/mol. The molecule has 2 aliphatic heterocycles. The quantitative estimate of drug-likeness (QED) is 0.855. The Kier molecular flexibility index (Phi) is 4.45. The van der Waals surface area contributed by atoms with Gasteiger partial charge in [0.25, 0.3) is 5.91 Å². The molecule has 2 N–H and O–H groups in total. The molecule has 0 radical (unpaired) electrons. The Bertz CT molecular complexity index is 742. The number of pyridine rings is 1. The Labute approximate surface area is 146 Å². The number of amides is 2. The maximum Gasteiger partial charge on any atom is 0.254 e. The highest BCUT2D eigenvalue weighted by atomic mass is 16.5. The van der Waals surface area contributed by atoms with Crippen LogP contribution in [0.2, 0.25) is 0 Å². The number of hydrogen-bond donors (Lipinski definition) is 2. The lowest BCUT2D eigenvalue weighted by Gasteiger charge is -2.38. The van der Waals surface area contributed by atoms with Crippen LogP contribution in [-0.4, -0.2) is 52.5 Å². The van der Waals surface area contributed by atoms with Gasteiger partial charge in [-0.05, 0) is 32.8 Å². The third-order valence-electron chi connectivity index (χ3n) is 5.24. The lowest BCUT2D eigenvalue weighted by molar-refractivity contribution is -0.126. The molecule has 7 heteroatoms. The predicted molar refractivity (Wildman–Crippen MR) is 92.3 cm³/mol. The summed E-state index contributed by atoms with van der Waals surface area (Å²) in [5.74, 6) is -0.274. The number of carbonyl (C=O) groups excluding carboxylic acids is 2. The van der Waals surface area contributed by atoms with Crippen LogP contribution in [0.4, 0.5) is 0 Å². The molecule has 2 atom stereocenters. The Balaban J connectivity index is 1.95. The van der Waals surface area contributed by atoms with E-state index >= 15 is 0 Å². The van der Waals surface area contributed by atoms with Gasteiger partial charge in [0, 0.05) is 37.8 Å². The van der Waals surface area contributed by atoms with Crippen molar-refractivity contribution in [2.45, 2.75) is 56.8 Å². The molecular formula is C18H25N3O4. The zero-order valence-electron chi connectivity index (χ0n) is 14.9. The number of aromatic amines is 1. The van der Waals surface area contributed by atoms with Gasteiger partial charge < -0.3 is 19.9 Å². The molecule has 2 fully saturated rings. The summed E-state index contributed by atoms with van der Waals surface area (Å²) in [5.41, 5.74) is -0.844. The zero-order valence-corrected chi connectivity index (χ0v) is 14.9. The number of nitrogens with zero attached hydrogens (tertiary/aromatic N) is 1. The molecular weight excluding hydrogens is 322 g/mol. The molecule has 7 nitrogen and oxygen atoms in total. The van der Waals surface area contributed by atoms with E-state index in [0.29, 0.717) is 18.5 Å². The monoisotopic (exact) mass is 347 g/mol. The fourth-order valence-electron chi connectivity index (χ4n) is 4.35. The summed E-state index contributed by atoms with van der Waals surface area (Å²) in [6.07, 6.45) is 3.69.